The second kappa shape index (κ2) is 8.54. The van der Waals surface area contributed by atoms with Crippen molar-refractivity contribution < 1.29 is 29.3 Å². The fraction of sp³-hybridized carbons (Fsp3) is 0.278. The summed E-state index contributed by atoms with van der Waals surface area (Å²) < 4.78 is 5.17. The lowest BCUT2D eigenvalue weighted by Crippen LogP contribution is -2.34. The van der Waals surface area contributed by atoms with Crippen LogP contribution in [0.2, 0.25) is 0 Å². The predicted molar refractivity (Wildman–Crippen MR) is 102 cm³/mol. The van der Waals surface area contributed by atoms with Gasteiger partial charge in [-0.05, 0) is 38.5 Å². The van der Waals surface area contributed by atoms with Crippen molar-refractivity contribution in [2.24, 2.45) is 0 Å². The molecular weight excluding hydrogens is 372 g/mol. The van der Waals surface area contributed by atoms with E-state index in [1.165, 1.54) is 0 Å². The summed E-state index contributed by atoms with van der Waals surface area (Å²) in [7, 11) is 0. The molecule has 2 rings (SSSR count). The van der Waals surface area contributed by atoms with E-state index < -0.39 is 18.5 Å². The number of ether oxygens (including phenoxy) is 1. The standard InChI is InChI=1S/C18H20N2O6S/c1-9(2)19-18(25)20-12-6-4-11(5-7-12)15-10(3)14(26-8-13(21)22)16(27-15)17(23)24/h4-7,9H,8H2,1-3H3,(H,21,22)(H,23,24)(H2,19,20,25). The molecule has 1 heterocycles. The Kier molecular flexibility index (Phi) is 6.40. The fourth-order valence-electron chi connectivity index (χ4n) is 2.36. The molecule has 0 saturated heterocycles. The van der Waals surface area contributed by atoms with Crippen LogP contribution in [0.4, 0.5) is 10.5 Å². The maximum Gasteiger partial charge on any atom is 0.349 e. The predicted octanol–water partition coefficient (Wildman–Crippen LogP) is 3.42. The third-order valence-electron chi connectivity index (χ3n) is 3.45. The molecule has 0 bridgehead atoms. The number of amides is 2. The first kappa shape index (κ1) is 20.2. The van der Waals surface area contributed by atoms with Crippen LogP contribution in [0.25, 0.3) is 10.4 Å². The van der Waals surface area contributed by atoms with Crippen LogP contribution in [0.15, 0.2) is 24.3 Å². The number of nitrogens with one attached hydrogen (secondary N) is 2. The van der Waals surface area contributed by atoms with Crippen LogP contribution in [0, 0.1) is 6.92 Å². The number of carbonyl (C=O) groups is 3. The van der Waals surface area contributed by atoms with Crippen LogP contribution in [0.3, 0.4) is 0 Å². The molecule has 0 aliphatic heterocycles. The Labute approximate surface area is 159 Å². The van der Waals surface area contributed by atoms with Gasteiger partial charge in [-0.1, -0.05) is 12.1 Å². The van der Waals surface area contributed by atoms with Gasteiger partial charge in [0.05, 0.1) is 0 Å². The molecule has 0 aliphatic carbocycles. The van der Waals surface area contributed by atoms with E-state index in [4.69, 9.17) is 9.84 Å². The molecule has 1 aromatic carbocycles. The van der Waals surface area contributed by atoms with Gasteiger partial charge in [-0.25, -0.2) is 14.4 Å². The quantitative estimate of drug-likeness (QED) is 0.572. The van der Waals surface area contributed by atoms with Crippen LogP contribution in [0.1, 0.15) is 29.1 Å². The van der Waals surface area contributed by atoms with Crippen molar-refractivity contribution in [1.82, 2.24) is 5.32 Å². The van der Waals surface area contributed by atoms with Gasteiger partial charge in [0.15, 0.2) is 11.5 Å². The molecule has 27 heavy (non-hydrogen) atoms. The van der Waals surface area contributed by atoms with Crippen LogP contribution in [-0.2, 0) is 4.79 Å². The molecule has 0 fully saturated rings. The van der Waals surface area contributed by atoms with Gasteiger partial charge in [-0.3, -0.25) is 0 Å². The number of carbonyl (C=O) groups excluding carboxylic acids is 1. The summed E-state index contributed by atoms with van der Waals surface area (Å²) in [4.78, 5) is 34.5. The Bertz CT molecular complexity index is 857. The summed E-state index contributed by atoms with van der Waals surface area (Å²) in [6.07, 6.45) is 0. The maximum absolute atomic E-state index is 11.7. The van der Waals surface area contributed by atoms with E-state index in [0.29, 0.717) is 16.1 Å². The second-order valence-corrected chi connectivity index (χ2v) is 7.05. The molecule has 0 unspecified atom stereocenters. The minimum atomic E-state index is -1.19. The van der Waals surface area contributed by atoms with Crippen molar-refractivity contribution in [3.8, 4) is 16.2 Å². The van der Waals surface area contributed by atoms with Gasteiger partial charge < -0.3 is 25.6 Å². The normalized spacial score (nSPS) is 10.5. The zero-order valence-electron chi connectivity index (χ0n) is 15.0. The molecule has 0 saturated carbocycles. The van der Waals surface area contributed by atoms with Gasteiger partial charge in [0.25, 0.3) is 0 Å². The Hall–Kier alpha value is -3.07. The van der Waals surface area contributed by atoms with Crippen molar-refractivity contribution in [3.63, 3.8) is 0 Å². The molecule has 144 valence electrons. The summed E-state index contributed by atoms with van der Waals surface area (Å²) in [6.45, 7) is 4.77. The molecule has 9 heteroatoms. The molecule has 0 radical (unpaired) electrons. The third kappa shape index (κ3) is 5.20. The minimum Gasteiger partial charge on any atom is -0.480 e. The molecule has 0 atom stereocenters. The van der Waals surface area contributed by atoms with Crippen LogP contribution in [0.5, 0.6) is 5.75 Å². The van der Waals surface area contributed by atoms with Gasteiger partial charge >= 0.3 is 18.0 Å². The highest BCUT2D eigenvalue weighted by atomic mass is 32.1. The number of thiophene rings is 1. The number of urea groups is 1. The van der Waals surface area contributed by atoms with Gasteiger partial charge in [-0.2, -0.15) is 0 Å². The van der Waals surface area contributed by atoms with Crippen molar-refractivity contribution in [2.75, 3.05) is 11.9 Å². The molecule has 8 nitrogen and oxygen atoms in total. The highest BCUT2D eigenvalue weighted by molar-refractivity contribution is 7.18. The summed E-state index contributed by atoms with van der Waals surface area (Å²) in [5.41, 5.74) is 1.88. The lowest BCUT2D eigenvalue weighted by Gasteiger charge is -2.10. The molecule has 2 amide bonds. The summed E-state index contributed by atoms with van der Waals surface area (Å²) in [5.74, 6) is -2.31. The number of carboxylic acids is 2. The zero-order chi connectivity index (χ0) is 20.1. The van der Waals surface area contributed by atoms with E-state index in [0.717, 1.165) is 16.9 Å². The highest BCUT2D eigenvalue weighted by Crippen LogP contribution is 2.41. The first-order chi connectivity index (χ1) is 12.7. The van der Waals surface area contributed by atoms with E-state index in [1.807, 2.05) is 13.8 Å². The summed E-state index contributed by atoms with van der Waals surface area (Å²) in [5, 5.41) is 23.5. The molecule has 0 aliphatic rings. The second-order valence-electron chi connectivity index (χ2n) is 6.03. The van der Waals surface area contributed by atoms with Crippen LogP contribution in [-0.4, -0.2) is 40.8 Å². The number of aliphatic carboxylic acids is 1. The maximum atomic E-state index is 11.7. The Morgan fingerprint density at radius 1 is 1.15 bits per heavy atom. The monoisotopic (exact) mass is 392 g/mol. The van der Waals surface area contributed by atoms with Gasteiger partial charge in [0.2, 0.25) is 0 Å². The first-order valence-electron chi connectivity index (χ1n) is 8.08. The molecular formula is C18H20N2O6S. The van der Waals surface area contributed by atoms with Crippen molar-refractivity contribution in [2.45, 2.75) is 26.8 Å². The van der Waals surface area contributed by atoms with E-state index in [9.17, 15) is 19.5 Å². The number of carboxylic acid groups (broad SMARTS) is 2. The molecule has 4 N–H and O–H groups in total. The average Bonchev–Trinajstić information content (AvgIpc) is 2.90. The molecule has 0 spiro atoms. The highest BCUT2D eigenvalue weighted by Gasteiger charge is 2.23. The number of aromatic carboxylic acids is 1. The van der Waals surface area contributed by atoms with Crippen molar-refractivity contribution >= 4 is 35.0 Å². The lowest BCUT2D eigenvalue weighted by molar-refractivity contribution is -0.139. The van der Waals surface area contributed by atoms with E-state index >= 15 is 0 Å². The Morgan fingerprint density at radius 3 is 2.30 bits per heavy atom. The lowest BCUT2D eigenvalue weighted by atomic mass is 10.1. The summed E-state index contributed by atoms with van der Waals surface area (Å²) >= 11 is 1.01. The number of hydrogen-bond acceptors (Lipinski definition) is 5. The fourth-order valence-corrected chi connectivity index (χ4v) is 3.45. The molecule has 2 aromatic rings. The first-order valence-corrected chi connectivity index (χ1v) is 8.90. The smallest absolute Gasteiger partial charge is 0.349 e. The van der Waals surface area contributed by atoms with Crippen molar-refractivity contribution in [1.29, 1.82) is 0 Å². The van der Waals surface area contributed by atoms with Crippen LogP contribution >= 0.6 is 11.3 Å². The number of rotatable bonds is 7. The third-order valence-corrected chi connectivity index (χ3v) is 4.76. The van der Waals surface area contributed by atoms with E-state index in [2.05, 4.69) is 10.6 Å². The van der Waals surface area contributed by atoms with Gasteiger partial charge in [0, 0.05) is 22.2 Å². The SMILES string of the molecule is Cc1c(-c2ccc(NC(=O)NC(C)C)cc2)sc(C(=O)O)c1OCC(=O)O. The number of hydrogen-bond donors (Lipinski definition) is 4. The van der Waals surface area contributed by atoms with Gasteiger partial charge in [-0.15, -0.1) is 11.3 Å². The van der Waals surface area contributed by atoms with Gasteiger partial charge in [0.1, 0.15) is 5.75 Å². The zero-order valence-corrected chi connectivity index (χ0v) is 15.8. The largest absolute Gasteiger partial charge is 0.480 e. The Morgan fingerprint density at radius 2 is 1.78 bits per heavy atom. The van der Waals surface area contributed by atoms with Crippen molar-refractivity contribution in [3.05, 3.63) is 34.7 Å². The van der Waals surface area contributed by atoms with E-state index in [1.54, 1.807) is 31.2 Å². The molecule has 1 aromatic heterocycles. The summed E-state index contributed by atoms with van der Waals surface area (Å²) in [6, 6.07) is 6.59. The topological polar surface area (TPSA) is 125 Å². The van der Waals surface area contributed by atoms with E-state index in [-0.39, 0.29) is 22.7 Å². The number of anilines is 1. The average molecular weight is 392 g/mol. The Balaban J connectivity index is 2.27. The number of benzene rings is 1. The van der Waals surface area contributed by atoms with Crippen LogP contribution < -0.4 is 15.4 Å². The minimum absolute atomic E-state index is 0.0108.